The van der Waals surface area contributed by atoms with Crippen LogP contribution < -0.4 is 0 Å². The van der Waals surface area contributed by atoms with Gasteiger partial charge in [0.05, 0.1) is 11.0 Å². The number of aromatic nitrogens is 2. The molecule has 2 bridgehead atoms. The summed E-state index contributed by atoms with van der Waals surface area (Å²) in [5, 5.41) is 11.9. The monoisotopic (exact) mass is 458 g/mol. The van der Waals surface area contributed by atoms with Crippen LogP contribution in [0.3, 0.4) is 0 Å². The maximum atomic E-state index is 4.91. The van der Waals surface area contributed by atoms with Crippen molar-refractivity contribution >= 4 is 64.9 Å². The molecule has 6 aromatic carbocycles. The van der Waals surface area contributed by atoms with Crippen molar-refractivity contribution in [3.8, 4) is 0 Å². The summed E-state index contributed by atoms with van der Waals surface area (Å²) in [6.45, 7) is 0. The molecule has 0 fully saturated rings. The van der Waals surface area contributed by atoms with E-state index in [9.17, 15) is 0 Å². The molecule has 168 valence electrons. The Bertz CT molecular complexity index is 1850. The fourth-order valence-electron chi connectivity index (χ4n) is 5.34. The van der Waals surface area contributed by atoms with Crippen LogP contribution in [0.15, 0.2) is 134 Å². The van der Waals surface area contributed by atoms with Gasteiger partial charge in [-0.25, -0.2) is 0 Å². The third-order valence-corrected chi connectivity index (χ3v) is 6.96. The highest BCUT2D eigenvalue weighted by Gasteiger charge is 2.11. The summed E-state index contributed by atoms with van der Waals surface area (Å²) < 4.78 is 0. The maximum Gasteiger partial charge on any atom is 0.0886 e. The second kappa shape index (κ2) is 8.44. The van der Waals surface area contributed by atoms with E-state index < -0.39 is 0 Å². The Labute approximate surface area is 208 Å². The minimum atomic E-state index is 0.849. The maximum absolute atomic E-state index is 4.91. The van der Waals surface area contributed by atoms with E-state index >= 15 is 0 Å². The predicted octanol–water partition coefficient (Wildman–Crippen LogP) is 9.08. The molecule has 0 saturated carbocycles. The van der Waals surface area contributed by atoms with Crippen LogP contribution in [0.2, 0.25) is 0 Å². The van der Waals surface area contributed by atoms with Gasteiger partial charge >= 0.3 is 0 Å². The molecule has 0 aliphatic heterocycles. The molecule has 0 atom stereocenters. The van der Waals surface area contributed by atoms with Crippen molar-refractivity contribution in [2.45, 2.75) is 0 Å². The van der Waals surface area contributed by atoms with Crippen molar-refractivity contribution in [1.29, 1.82) is 0 Å². The van der Waals surface area contributed by atoms with Gasteiger partial charge in [0.25, 0.3) is 0 Å². The Kier molecular flexibility index (Phi) is 4.82. The van der Waals surface area contributed by atoms with Crippen LogP contribution in [0.5, 0.6) is 0 Å². The zero-order valence-corrected chi connectivity index (χ0v) is 19.6. The molecule has 0 radical (unpaired) electrons. The quantitative estimate of drug-likeness (QED) is 0.212. The first-order chi connectivity index (χ1) is 17.9. The minimum absolute atomic E-state index is 0.849. The minimum Gasteiger partial charge on any atom is -0.254 e. The normalized spacial score (nSPS) is 11.3. The Morgan fingerprint density at radius 3 is 1.00 bits per heavy atom. The van der Waals surface area contributed by atoms with Gasteiger partial charge < -0.3 is 0 Å². The van der Waals surface area contributed by atoms with Gasteiger partial charge in [-0.1, -0.05) is 109 Å². The molecule has 0 N–H and O–H groups in total. The van der Waals surface area contributed by atoms with Crippen molar-refractivity contribution in [3.63, 3.8) is 0 Å². The number of hydrogen-bond acceptors (Lipinski definition) is 2. The van der Waals surface area contributed by atoms with Crippen LogP contribution in [-0.2, 0) is 0 Å². The van der Waals surface area contributed by atoms with Crippen molar-refractivity contribution < 1.29 is 0 Å². The number of hydrogen-bond donors (Lipinski definition) is 0. The number of nitrogens with zero attached hydrogens (tertiary/aromatic N) is 2. The average molecular weight is 459 g/mol. The molecular weight excluding hydrogens is 436 g/mol. The van der Waals surface area contributed by atoms with E-state index in [2.05, 4.69) is 97.1 Å². The zero-order valence-electron chi connectivity index (χ0n) is 19.6. The highest BCUT2D eigenvalue weighted by molar-refractivity contribution is 6.34. The number of benzene rings is 6. The second-order valence-corrected chi connectivity index (χ2v) is 9.02. The van der Waals surface area contributed by atoms with Crippen LogP contribution in [0.1, 0.15) is 0 Å². The fraction of sp³-hybridized carbons (Fsp3) is 0. The molecule has 36 heavy (non-hydrogen) atoms. The van der Waals surface area contributed by atoms with Gasteiger partial charge in [0, 0.05) is 23.2 Å². The lowest BCUT2D eigenvalue weighted by atomic mass is 9.91. The largest absolute Gasteiger partial charge is 0.254 e. The van der Waals surface area contributed by atoms with E-state index in [1.165, 1.54) is 43.1 Å². The van der Waals surface area contributed by atoms with E-state index in [1.807, 2.05) is 36.7 Å². The molecule has 0 aliphatic carbocycles. The molecule has 0 aliphatic rings. The lowest BCUT2D eigenvalue weighted by Crippen LogP contribution is -1.85. The second-order valence-electron chi connectivity index (χ2n) is 9.02. The van der Waals surface area contributed by atoms with Gasteiger partial charge in [-0.15, -0.1) is 0 Å². The standard InChI is InChI=1S/C34H22N2/c1-3-13-25-23(11-1)21-35-31-19-9-10-20-32(31)36-22-24-12-2-4-14-26(24)34-29-17-7-5-15-27(29)33(25)28-16-6-8-18-30(28)34/h1-22H. The molecule has 0 spiro atoms. The summed E-state index contributed by atoms with van der Waals surface area (Å²) in [5.41, 5.74) is 1.70. The van der Waals surface area contributed by atoms with Crippen LogP contribution in [0, 0.1) is 0 Å². The lowest BCUT2D eigenvalue weighted by molar-refractivity contribution is 1.39. The van der Waals surface area contributed by atoms with Gasteiger partial charge in [0.2, 0.25) is 0 Å². The van der Waals surface area contributed by atoms with Gasteiger partial charge in [-0.05, 0) is 55.2 Å². The first-order valence-corrected chi connectivity index (χ1v) is 12.2. The Hall–Kier alpha value is -4.82. The molecule has 2 heteroatoms. The molecular formula is C34H22N2. The molecule has 0 amide bonds. The molecule has 0 saturated heterocycles. The summed E-state index contributed by atoms with van der Waals surface area (Å²) in [7, 11) is 0. The van der Waals surface area contributed by atoms with Crippen LogP contribution in [0.4, 0.5) is 0 Å². The third-order valence-electron chi connectivity index (χ3n) is 6.96. The summed E-state index contributed by atoms with van der Waals surface area (Å²) in [6, 6.07) is 42.6. The lowest BCUT2D eigenvalue weighted by Gasteiger charge is -2.12. The van der Waals surface area contributed by atoms with Crippen LogP contribution in [0.25, 0.3) is 64.9 Å². The highest BCUT2D eigenvalue weighted by Crippen LogP contribution is 2.39. The molecule has 8 rings (SSSR count). The van der Waals surface area contributed by atoms with E-state index in [0.717, 1.165) is 21.8 Å². The molecule has 2 nitrogen and oxygen atoms in total. The molecule has 2 aromatic heterocycles. The third kappa shape index (κ3) is 3.27. The summed E-state index contributed by atoms with van der Waals surface area (Å²) in [5.74, 6) is 0. The SMILES string of the molecule is c1ccc2c(c1)cnc1ccccc1ncc1ccccc1c1c3ccccc3c2c2ccccc21. The number of rotatable bonds is 0. The van der Waals surface area contributed by atoms with E-state index in [4.69, 9.17) is 9.97 Å². The summed E-state index contributed by atoms with van der Waals surface area (Å²) in [4.78, 5) is 9.82. The van der Waals surface area contributed by atoms with Gasteiger partial charge in [0.15, 0.2) is 0 Å². The first-order valence-electron chi connectivity index (χ1n) is 12.2. The fourth-order valence-corrected chi connectivity index (χ4v) is 5.34. The van der Waals surface area contributed by atoms with Crippen molar-refractivity contribution in [2.24, 2.45) is 0 Å². The smallest absolute Gasteiger partial charge is 0.0886 e. The van der Waals surface area contributed by atoms with Gasteiger partial charge in [-0.3, -0.25) is 9.97 Å². The first kappa shape index (κ1) is 20.5. The zero-order chi connectivity index (χ0) is 23.9. The Morgan fingerprint density at radius 2 is 0.611 bits per heavy atom. The topological polar surface area (TPSA) is 25.8 Å². The van der Waals surface area contributed by atoms with Crippen LogP contribution >= 0.6 is 0 Å². The van der Waals surface area contributed by atoms with Crippen molar-refractivity contribution in [1.82, 2.24) is 9.97 Å². The Morgan fingerprint density at radius 1 is 0.306 bits per heavy atom. The number of para-hydroxylation sites is 2. The van der Waals surface area contributed by atoms with Crippen molar-refractivity contribution in [3.05, 3.63) is 134 Å². The van der Waals surface area contributed by atoms with Gasteiger partial charge in [-0.2, -0.15) is 0 Å². The highest BCUT2D eigenvalue weighted by atomic mass is 14.7. The van der Waals surface area contributed by atoms with E-state index in [1.54, 1.807) is 0 Å². The van der Waals surface area contributed by atoms with Crippen LogP contribution in [-0.4, -0.2) is 9.97 Å². The molecule has 8 aromatic rings. The van der Waals surface area contributed by atoms with E-state index in [-0.39, 0.29) is 0 Å². The Balaban J connectivity index is 1.92. The van der Waals surface area contributed by atoms with Gasteiger partial charge in [0.1, 0.15) is 0 Å². The number of fused-ring (bicyclic) bond motifs is 2. The summed E-state index contributed by atoms with van der Waals surface area (Å²) >= 11 is 0. The molecule has 0 unspecified atom stereocenters. The summed E-state index contributed by atoms with van der Waals surface area (Å²) in [6.07, 6.45) is 3.95. The average Bonchev–Trinajstić information content (AvgIpc) is 2.94. The predicted molar refractivity (Wildman–Crippen MR) is 154 cm³/mol. The van der Waals surface area contributed by atoms with Crippen molar-refractivity contribution in [2.75, 3.05) is 0 Å². The van der Waals surface area contributed by atoms with E-state index in [0.29, 0.717) is 0 Å². The molecule has 2 heterocycles.